The Kier molecular flexibility index (Phi) is 3.90. The molecule has 0 atom stereocenters. The molecule has 0 spiro atoms. The fourth-order valence-electron chi connectivity index (χ4n) is 2.00. The van der Waals surface area contributed by atoms with Crippen molar-refractivity contribution in [2.45, 2.75) is 0 Å². The average molecular weight is 285 g/mol. The van der Waals surface area contributed by atoms with Crippen molar-refractivity contribution in [3.8, 4) is 11.4 Å². The van der Waals surface area contributed by atoms with E-state index in [0.717, 1.165) is 23.1 Å². The van der Waals surface area contributed by atoms with Crippen molar-refractivity contribution in [1.82, 2.24) is 9.36 Å². The quantitative estimate of drug-likeness (QED) is 0.730. The maximum Gasteiger partial charge on any atom is 0.202 e. The van der Waals surface area contributed by atoms with E-state index >= 15 is 0 Å². The van der Waals surface area contributed by atoms with Crippen LogP contribution in [0.5, 0.6) is 0 Å². The Morgan fingerprint density at radius 1 is 1.15 bits per heavy atom. The molecular weight excluding hydrogens is 270 g/mol. The third kappa shape index (κ3) is 2.79. The number of aromatic nitrogens is 2. The van der Waals surface area contributed by atoms with Gasteiger partial charge in [-0.3, -0.25) is 0 Å². The third-order valence-electron chi connectivity index (χ3n) is 3.02. The molecule has 1 aromatic heterocycles. The molecule has 0 aliphatic rings. The van der Waals surface area contributed by atoms with Gasteiger partial charge in [0.05, 0.1) is 6.61 Å². The van der Waals surface area contributed by atoms with Crippen molar-refractivity contribution in [3.63, 3.8) is 0 Å². The van der Waals surface area contributed by atoms with Crippen LogP contribution in [-0.4, -0.2) is 29.6 Å². The Morgan fingerprint density at radius 2 is 2.00 bits per heavy atom. The minimum Gasteiger partial charge on any atom is -0.383 e. The zero-order valence-corrected chi connectivity index (χ0v) is 12.0. The van der Waals surface area contributed by atoms with E-state index in [0.29, 0.717) is 6.61 Å². The molecule has 5 heteroatoms. The molecule has 0 aliphatic carbocycles. The summed E-state index contributed by atoms with van der Waals surface area (Å²) >= 11 is 1.37. The maximum atomic E-state index is 5.00. The van der Waals surface area contributed by atoms with E-state index < -0.39 is 0 Å². The lowest BCUT2D eigenvalue weighted by Gasteiger charge is -2.00. The number of hydrogen-bond donors (Lipinski definition) is 1. The van der Waals surface area contributed by atoms with E-state index in [2.05, 4.69) is 45.0 Å². The van der Waals surface area contributed by atoms with Crippen LogP contribution in [0.1, 0.15) is 0 Å². The van der Waals surface area contributed by atoms with Crippen LogP contribution in [0.25, 0.3) is 22.2 Å². The molecule has 0 saturated carbocycles. The summed E-state index contributed by atoms with van der Waals surface area (Å²) in [4.78, 5) is 4.50. The van der Waals surface area contributed by atoms with E-state index in [4.69, 9.17) is 4.74 Å². The number of methoxy groups -OCH3 is 1. The van der Waals surface area contributed by atoms with Crippen molar-refractivity contribution in [3.05, 3.63) is 42.5 Å². The van der Waals surface area contributed by atoms with Crippen LogP contribution >= 0.6 is 11.5 Å². The molecule has 20 heavy (non-hydrogen) atoms. The largest absolute Gasteiger partial charge is 0.383 e. The van der Waals surface area contributed by atoms with E-state index in [-0.39, 0.29) is 0 Å². The predicted octanol–water partition coefficient (Wildman–Crippen LogP) is 3.42. The van der Waals surface area contributed by atoms with Gasteiger partial charge in [0, 0.05) is 30.8 Å². The molecule has 4 nitrogen and oxygen atoms in total. The molecule has 0 aliphatic heterocycles. The number of nitrogens with zero attached hydrogens (tertiary/aromatic N) is 2. The SMILES string of the molecule is COCCNc1nc(-c2ccc3ccccc3c2)ns1. The number of hydrogen-bond acceptors (Lipinski definition) is 5. The molecule has 0 fully saturated rings. The van der Waals surface area contributed by atoms with Gasteiger partial charge in [-0.1, -0.05) is 36.4 Å². The van der Waals surface area contributed by atoms with E-state index in [1.807, 2.05) is 12.1 Å². The molecule has 0 bridgehead atoms. The van der Waals surface area contributed by atoms with Gasteiger partial charge in [-0.2, -0.15) is 9.36 Å². The number of rotatable bonds is 5. The van der Waals surface area contributed by atoms with Gasteiger partial charge in [-0.15, -0.1) is 0 Å². The van der Waals surface area contributed by atoms with Gasteiger partial charge in [0.1, 0.15) is 0 Å². The zero-order chi connectivity index (χ0) is 13.8. The number of nitrogens with one attached hydrogen (secondary N) is 1. The molecule has 102 valence electrons. The zero-order valence-electron chi connectivity index (χ0n) is 11.2. The summed E-state index contributed by atoms with van der Waals surface area (Å²) in [7, 11) is 1.68. The molecule has 1 N–H and O–H groups in total. The minimum atomic E-state index is 0.658. The first-order chi connectivity index (χ1) is 9.86. The summed E-state index contributed by atoms with van der Waals surface area (Å²) in [6, 6.07) is 14.6. The molecule has 0 saturated heterocycles. The van der Waals surface area contributed by atoms with E-state index in [1.54, 1.807) is 7.11 Å². The number of anilines is 1. The minimum absolute atomic E-state index is 0.658. The summed E-state index contributed by atoms with van der Waals surface area (Å²) in [5, 5.41) is 6.45. The fraction of sp³-hybridized carbons (Fsp3) is 0.200. The number of fused-ring (bicyclic) bond motifs is 1. The fourth-order valence-corrected chi connectivity index (χ4v) is 2.61. The Bertz CT molecular complexity index is 711. The number of ether oxygens (including phenoxy) is 1. The second-order valence-electron chi connectivity index (χ2n) is 4.40. The molecule has 2 aromatic carbocycles. The van der Waals surface area contributed by atoms with E-state index in [9.17, 15) is 0 Å². The van der Waals surface area contributed by atoms with Gasteiger partial charge in [0.15, 0.2) is 5.82 Å². The van der Waals surface area contributed by atoms with Gasteiger partial charge in [0.25, 0.3) is 0 Å². The van der Waals surface area contributed by atoms with Crippen LogP contribution in [-0.2, 0) is 4.74 Å². The Morgan fingerprint density at radius 3 is 2.85 bits per heavy atom. The Labute approximate surface area is 121 Å². The lowest BCUT2D eigenvalue weighted by Crippen LogP contribution is -2.06. The highest BCUT2D eigenvalue weighted by Crippen LogP contribution is 2.24. The van der Waals surface area contributed by atoms with Crippen molar-refractivity contribution < 1.29 is 4.74 Å². The molecule has 0 unspecified atom stereocenters. The van der Waals surface area contributed by atoms with Gasteiger partial charge >= 0.3 is 0 Å². The van der Waals surface area contributed by atoms with Crippen LogP contribution in [0.2, 0.25) is 0 Å². The van der Waals surface area contributed by atoms with Gasteiger partial charge in [-0.25, -0.2) is 0 Å². The first-order valence-corrected chi connectivity index (χ1v) is 7.20. The molecule has 0 amide bonds. The lowest BCUT2D eigenvalue weighted by atomic mass is 10.1. The topological polar surface area (TPSA) is 47.0 Å². The predicted molar refractivity (Wildman–Crippen MR) is 83.2 cm³/mol. The summed E-state index contributed by atoms with van der Waals surface area (Å²) in [5.74, 6) is 0.765. The summed E-state index contributed by atoms with van der Waals surface area (Å²) in [5.41, 5.74) is 1.04. The van der Waals surface area contributed by atoms with E-state index in [1.165, 1.54) is 22.3 Å². The van der Waals surface area contributed by atoms with Crippen LogP contribution in [0.4, 0.5) is 5.13 Å². The lowest BCUT2D eigenvalue weighted by molar-refractivity contribution is 0.211. The maximum absolute atomic E-state index is 5.00. The monoisotopic (exact) mass is 285 g/mol. The molecule has 3 aromatic rings. The van der Waals surface area contributed by atoms with Gasteiger partial charge in [0.2, 0.25) is 5.13 Å². The van der Waals surface area contributed by atoms with Crippen molar-refractivity contribution in [1.29, 1.82) is 0 Å². The highest BCUT2D eigenvalue weighted by atomic mass is 32.1. The average Bonchev–Trinajstić information content (AvgIpc) is 2.96. The normalized spacial score (nSPS) is 10.8. The van der Waals surface area contributed by atoms with Gasteiger partial charge in [-0.05, 0) is 16.8 Å². The standard InChI is InChI=1S/C15H15N3OS/c1-19-9-8-16-15-17-14(18-20-15)13-7-6-11-4-2-3-5-12(11)10-13/h2-7,10H,8-9H2,1H3,(H,16,17,18). The smallest absolute Gasteiger partial charge is 0.202 e. The van der Waals surface area contributed by atoms with Crippen LogP contribution < -0.4 is 5.32 Å². The summed E-state index contributed by atoms with van der Waals surface area (Å²) < 4.78 is 9.40. The second-order valence-corrected chi connectivity index (χ2v) is 5.16. The Balaban J connectivity index is 1.83. The van der Waals surface area contributed by atoms with Crippen LogP contribution in [0.3, 0.4) is 0 Å². The molecule has 0 radical (unpaired) electrons. The number of benzene rings is 2. The second kappa shape index (κ2) is 5.98. The molecule has 1 heterocycles. The van der Waals surface area contributed by atoms with Crippen molar-refractivity contribution >= 4 is 27.4 Å². The first kappa shape index (κ1) is 13.0. The van der Waals surface area contributed by atoms with Crippen LogP contribution in [0.15, 0.2) is 42.5 Å². The van der Waals surface area contributed by atoms with Gasteiger partial charge < -0.3 is 10.1 Å². The Hall–Kier alpha value is -1.98. The van der Waals surface area contributed by atoms with Crippen molar-refractivity contribution in [2.24, 2.45) is 0 Å². The highest BCUT2D eigenvalue weighted by Gasteiger charge is 2.06. The summed E-state index contributed by atoms with van der Waals surface area (Å²) in [6.45, 7) is 1.40. The third-order valence-corrected chi connectivity index (χ3v) is 3.69. The molecule has 3 rings (SSSR count). The van der Waals surface area contributed by atoms with Crippen molar-refractivity contribution in [2.75, 3.05) is 25.6 Å². The molecular formula is C15H15N3OS. The van der Waals surface area contributed by atoms with Crippen LogP contribution in [0, 0.1) is 0 Å². The summed E-state index contributed by atoms with van der Waals surface area (Å²) in [6.07, 6.45) is 0. The first-order valence-electron chi connectivity index (χ1n) is 6.42. The highest BCUT2D eigenvalue weighted by molar-refractivity contribution is 7.09.